The highest BCUT2D eigenvalue weighted by Crippen LogP contribution is 2.27. The Bertz CT molecular complexity index is 260. The van der Waals surface area contributed by atoms with Crippen LogP contribution in [0.2, 0.25) is 0 Å². The molecule has 1 fully saturated rings. The number of nitrogens with two attached hydrogens (primary N) is 1. The summed E-state index contributed by atoms with van der Waals surface area (Å²) in [6.45, 7) is 7.21. The molecule has 0 radical (unpaired) electrons. The van der Waals surface area contributed by atoms with Gasteiger partial charge in [-0.2, -0.15) is 0 Å². The maximum absolute atomic E-state index is 12.3. The average Bonchev–Trinajstić information content (AvgIpc) is 2.25. The number of piperidine rings is 1. The normalized spacial score (nSPS) is 29.9. The molecule has 0 aromatic carbocycles. The van der Waals surface area contributed by atoms with Gasteiger partial charge < -0.3 is 15.7 Å². The van der Waals surface area contributed by atoms with Crippen molar-refractivity contribution >= 4 is 5.91 Å². The Kier molecular flexibility index (Phi) is 3.97. The Morgan fingerprint density at radius 3 is 2.69 bits per heavy atom. The van der Waals surface area contributed by atoms with Crippen molar-refractivity contribution in [1.82, 2.24) is 4.90 Å². The molecule has 1 heterocycles. The van der Waals surface area contributed by atoms with Gasteiger partial charge in [-0.3, -0.25) is 4.79 Å². The van der Waals surface area contributed by atoms with Crippen LogP contribution in [0, 0.1) is 5.41 Å². The van der Waals surface area contributed by atoms with Crippen molar-refractivity contribution in [2.75, 3.05) is 19.6 Å². The summed E-state index contributed by atoms with van der Waals surface area (Å²) in [5.41, 5.74) is 4.47. The first-order valence-electron chi connectivity index (χ1n) is 6.06. The summed E-state index contributed by atoms with van der Waals surface area (Å²) in [7, 11) is 0. The number of likely N-dealkylation sites (tertiary alicyclic amines) is 1. The molecule has 4 nitrogen and oxygen atoms in total. The lowest BCUT2D eigenvalue weighted by atomic mass is 9.84. The smallest absolute Gasteiger partial charge is 0.229 e. The summed E-state index contributed by atoms with van der Waals surface area (Å²) >= 11 is 0. The van der Waals surface area contributed by atoms with Crippen molar-refractivity contribution in [3.05, 3.63) is 0 Å². The molecule has 4 heteroatoms. The van der Waals surface area contributed by atoms with Gasteiger partial charge in [0.25, 0.3) is 0 Å². The number of rotatable bonds is 3. The van der Waals surface area contributed by atoms with Gasteiger partial charge in [0.2, 0.25) is 5.91 Å². The van der Waals surface area contributed by atoms with Crippen molar-refractivity contribution in [3.8, 4) is 0 Å². The molecule has 0 aromatic rings. The molecule has 0 saturated carbocycles. The third-order valence-electron chi connectivity index (χ3n) is 3.71. The van der Waals surface area contributed by atoms with Gasteiger partial charge in [0.05, 0.1) is 11.0 Å². The van der Waals surface area contributed by atoms with Gasteiger partial charge in [-0.1, -0.05) is 6.92 Å². The first kappa shape index (κ1) is 13.5. The maximum atomic E-state index is 12.3. The molecule has 0 aromatic heterocycles. The van der Waals surface area contributed by atoms with Crippen molar-refractivity contribution < 1.29 is 9.90 Å². The molecular formula is C12H24N2O2. The number of carbonyl (C=O) groups is 1. The van der Waals surface area contributed by atoms with E-state index in [0.29, 0.717) is 13.1 Å². The molecule has 2 unspecified atom stereocenters. The summed E-state index contributed by atoms with van der Waals surface area (Å²) in [6.07, 6.45) is 2.37. The van der Waals surface area contributed by atoms with Crippen LogP contribution in [0.25, 0.3) is 0 Å². The quantitative estimate of drug-likeness (QED) is 0.748. The second-order valence-electron chi connectivity index (χ2n) is 5.45. The zero-order valence-corrected chi connectivity index (χ0v) is 10.6. The van der Waals surface area contributed by atoms with Crippen molar-refractivity contribution in [1.29, 1.82) is 0 Å². The lowest BCUT2D eigenvalue weighted by Gasteiger charge is -2.41. The van der Waals surface area contributed by atoms with Gasteiger partial charge in [-0.05, 0) is 33.1 Å². The number of carbonyl (C=O) groups excluding carboxylic acids is 1. The second-order valence-corrected chi connectivity index (χ2v) is 5.45. The fourth-order valence-electron chi connectivity index (χ4n) is 2.16. The van der Waals surface area contributed by atoms with Gasteiger partial charge in [0, 0.05) is 19.6 Å². The Labute approximate surface area is 97.8 Å². The molecule has 16 heavy (non-hydrogen) atoms. The van der Waals surface area contributed by atoms with E-state index in [1.807, 2.05) is 13.8 Å². The van der Waals surface area contributed by atoms with Gasteiger partial charge in [0.15, 0.2) is 0 Å². The van der Waals surface area contributed by atoms with Crippen LogP contribution in [0.5, 0.6) is 0 Å². The Balaban J connectivity index is 2.74. The number of hydrogen-bond donors (Lipinski definition) is 2. The summed E-state index contributed by atoms with van der Waals surface area (Å²) in [4.78, 5) is 14.1. The molecule has 0 aliphatic carbocycles. The largest absolute Gasteiger partial charge is 0.388 e. The highest BCUT2D eigenvalue weighted by atomic mass is 16.3. The minimum absolute atomic E-state index is 0.0810. The minimum Gasteiger partial charge on any atom is -0.388 e. The van der Waals surface area contributed by atoms with E-state index in [1.54, 1.807) is 11.8 Å². The predicted octanol–water partition coefficient (Wildman–Crippen LogP) is 0.735. The van der Waals surface area contributed by atoms with E-state index >= 15 is 0 Å². The third-order valence-corrected chi connectivity index (χ3v) is 3.71. The molecule has 0 spiro atoms. The SMILES string of the molecule is CCC(C)(CN)C(=O)N1CCCC(C)(O)C1. The predicted molar refractivity (Wildman–Crippen MR) is 63.9 cm³/mol. The lowest BCUT2D eigenvalue weighted by Crippen LogP contribution is -2.54. The first-order chi connectivity index (χ1) is 7.34. The van der Waals surface area contributed by atoms with Crippen LogP contribution in [0.3, 0.4) is 0 Å². The van der Waals surface area contributed by atoms with Crippen LogP contribution in [-0.2, 0) is 4.79 Å². The van der Waals surface area contributed by atoms with E-state index in [-0.39, 0.29) is 5.91 Å². The Morgan fingerprint density at radius 1 is 1.62 bits per heavy atom. The van der Waals surface area contributed by atoms with Crippen LogP contribution >= 0.6 is 0 Å². The molecule has 3 N–H and O–H groups in total. The highest BCUT2D eigenvalue weighted by molar-refractivity contribution is 5.82. The van der Waals surface area contributed by atoms with E-state index in [0.717, 1.165) is 25.8 Å². The third kappa shape index (κ3) is 2.74. The van der Waals surface area contributed by atoms with Gasteiger partial charge in [0.1, 0.15) is 0 Å². The molecule has 94 valence electrons. The molecule has 0 bridgehead atoms. The molecule has 1 aliphatic rings. The van der Waals surface area contributed by atoms with Gasteiger partial charge in [-0.15, -0.1) is 0 Å². The number of β-amino-alcohol motifs (C(OH)–C–C–N with tert-alkyl or cyclic N) is 1. The first-order valence-corrected chi connectivity index (χ1v) is 6.06. The van der Waals surface area contributed by atoms with Gasteiger partial charge in [-0.25, -0.2) is 0 Å². The van der Waals surface area contributed by atoms with Crippen LogP contribution in [0.4, 0.5) is 0 Å². The van der Waals surface area contributed by atoms with Crippen LogP contribution in [-0.4, -0.2) is 41.1 Å². The van der Waals surface area contributed by atoms with Crippen molar-refractivity contribution in [2.24, 2.45) is 11.1 Å². The lowest BCUT2D eigenvalue weighted by molar-refractivity contribution is -0.147. The van der Waals surface area contributed by atoms with E-state index in [4.69, 9.17) is 5.73 Å². The van der Waals surface area contributed by atoms with Gasteiger partial charge >= 0.3 is 0 Å². The topological polar surface area (TPSA) is 66.6 Å². The number of aliphatic hydroxyl groups is 1. The molecule has 2 atom stereocenters. The Hall–Kier alpha value is -0.610. The van der Waals surface area contributed by atoms with E-state index in [1.165, 1.54) is 0 Å². The molecule has 1 rings (SSSR count). The number of nitrogens with zero attached hydrogens (tertiary/aromatic N) is 1. The second kappa shape index (κ2) is 4.72. The molecule has 1 saturated heterocycles. The zero-order valence-electron chi connectivity index (χ0n) is 10.6. The van der Waals surface area contributed by atoms with Crippen LogP contribution in [0.15, 0.2) is 0 Å². The van der Waals surface area contributed by atoms with E-state index in [9.17, 15) is 9.90 Å². The van der Waals surface area contributed by atoms with Crippen molar-refractivity contribution in [2.45, 2.75) is 45.6 Å². The van der Waals surface area contributed by atoms with E-state index < -0.39 is 11.0 Å². The highest BCUT2D eigenvalue weighted by Gasteiger charge is 2.38. The summed E-state index contributed by atoms with van der Waals surface area (Å²) in [6, 6.07) is 0. The maximum Gasteiger partial charge on any atom is 0.229 e. The number of amides is 1. The zero-order chi connectivity index (χ0) is 12.4. The van der Waals surface area contributed by atoms with Crippen LogP contribution in [0.1, 0.15) is 40.0 Å². The van der Waals surface area contributed by atoms with E-state index in [2.05, 4.69) is 0 Å². The molecule has 1 aliphatic heterocycles. The fraction of sp³-hybridized carbons (Fsp3) is 0.917. The number of hydrogen-bond acceptors (Lipinski definition) is 3. The fourth-order valence-corrected chi connectivity index (χ4v) is 2.16. The molecule has 1 amide bonds. The summed E-state index contributed by atoms with van der Waals surface area (Å²) in [5.74, 6) is 0.0810. The monoisotopic (exact) mass is 228 g/mol. The standard InChI is InChI=1S/C12H24N2O2/c1-4-11(2,8-13)10(15)14-7-5-6-12(3,16)9-14/h16H,4-9,13H2,1-3H3. The van der Waals surface area contributed by atoms with Crippen LogP contribution < -0.4 is 5.73 Å². The van der Waals surface area contributed by atoms with Crippen molar-refractivity contribution in [3.63, 3.8) is 0 Å². The molecular weight excluding hydrogens is 204 g/mol. The Morgan fingerprint density at radius 2 is 2.25 bits per heavy atom. The minimum atomic E-state index is -0.739. The summed E-state index contributed by atoms with van der Waals surface area (Å²) < 4.78 is 0. The average molecular weight is 228 g/mol. The summed E-state index contributed by atoms with van der Waals surface area (Å²) in [5, 5.41) is 9.98.